The summed E-state index contributed by atoms with van der Waals surface area (Å²) in [6, 6.07) is 8.76. The monoisotopic (exact) mass is 477 g/mol. The summed E-state index contributed by atoms with van der Waals surface area (Å²) in [5.41, 5.74) is 2.43. The third-order valence-electron chi connectivity index (χ3n) is 5.12. The van der Waals surface area contributed by atoms with E-state index in [1.807, 2.05) is 36.9 Å². The van der Waals surface area contributed by atoms with Crippen molar-refractivity contribution >= 4 is 57.6 Å². The van der Waals surface area contributed by atoms with E-state index in [2.05, 4.69) is 4.99 Å². The SMILES string of the molecule is COc1cc2c(cc1OC)C1=NC(=O)[C@H](C(C)C)N1C(SCc1ccc(Cl)c(Cl)c1)=N2. The highest BCUT2D eigenvalue weighted by Crippen LogP contribution is 2.42. The second kappa shape index (κ2) is 8.73. The molecule has 2 aromatic carbocycles. The zero-order valence-electron chi connectivity index (χ0n) is 17.5. The minimum atomic E-state index is -0.406. The predicted octanol–water partition coefficient (Wildman–Crippen LogP) is 5.56. The first kappa shape index (κ1) is 22.0. The normalized spacial score (nSPS) is 17.3. The Morgan fingerprint density at radius 3 is 2.42 bits per heavy atom. The van der Waals surface area contributed by atoms with Gasteiger partial charge in [-0.3, -0.25) is 9.69 Å². The van der Waals surface area contributed by atoms with Gasteiger partial charge in [-0.25, -0.2) is 4.99 Å². The van der Waals surface area contributed by atoms with Crippen LogP contribution in [0.2, 0.25) is 10.0 Å². The molecule has 4 rings (SSSR count). The molecule has 2 aliphatic rings. The highest BCUT2D eigenvalue weighted by molar-refractivity contribution is 8.13. The van der Waals surface area contributed by atoms with Crippen molar-refractivity contribution in [2.75, 3.05) is 14.2 Å². The van der Waals surface area contributed by atoms with E-state index in [1.165, 1.54) is 11.8 Å². The summed E-state index contributed by atoms with van der Waals surface area (Å²) < 4.78 is 10.9. The average molecular weight is 478 g/mol. The van der Waals surface area contributed by atoms with Gasteiger partial charge in [0, 0.05) is 17.4 Å². The third-order valence-corrected chi connectivity index (χ3v) is 6.89. The number of fused-ring (bicyclic) bond motifs is 3. The first-order valence-corrected chi connectivity index (χ1v) is 11.4. The van der Waals surface area contributed by atoms with Crippen LogP contribution in [0.1, 0.15) is 25.0 Å². The Hall–Kier alpha value is -2.22. The zero-order chi connectivity index (χ0) is 22.3. The van der Waals surface area contributed by atoms with Gasteiger partial charge in [0.15, 0.2) is 16.7 Å². The van der Waals surface area contributed by atoms with E-state index < -0.39 is 6.04 Å². The van der Waals surface area contributed by atoms with Crippen LogP contribution < -0.4 is 9.47 Å². The Morgan fingerprint density at radius 1 is 1.06 bits per heavy atom. The van der Waals surface area contributed by atoms with Crippen molar-refractivity contribution in [3.63, 3.8) is 0 Å². The molecule has 0 saturated heterocycles. The highest BCUT2D eigenvalue weighted by Gasteiger charge is 2.43. The molecule has 9 heteroatoms. The van der Waals surface area contributed by atoms with Gasteiger partial charge in [0.25, 0.3) is 5.91 Å². The lowest BCUT2D eigenvalue weighted by Gasteiger charge is -2.33. The fourth-order valence-electron chi connectivity index (χ4n) is 3.63. The number of amides is 1. The van der Waals surface area contributed by atoms with Gasteiger partial charge in [0.1, 0.15) is 11.9 Å². The second-order valence-electron chi connectivity index (χ2n) is 7.49. The Balaban J connectivity index is 1.76. The number of rotatable bonds is 5. The van der Waals surface area contributed by atoms with Gasteiger partial charge in [0.05, 0.1) is 30.0 Å². The van der Waals surface area contributed by atoms with Crippen molar-refractivity contribution < 1.29 is 14.3 Å². The number of ether oxygens (including phenoxy) is 2. The Kier molecular flexibility index (Phi) is 6.19. The minimum Gasteiger partial charge on any atom is -0.493 e. The van der Waals surface area contributed by atoms with Crippen molar-refractivity contribution in [2.24, 2.45) is 15.9 Å². The van der Waals surface area contributed by atoms with Crippen LogP contribution in [0.4, 0.5) is 5.69 Å². The number of nitrogens with zero attached hydrogens (tertiary/aromatic N) is 3. The Morgan fingerprint density at radius 2 is 1.77 bits per heavy atom. The molecule has 0 bridgehead atoms. The fraction of sp³-hybridized carbons (Fsp3) is 0.318. The summed E-state index contributed by atoms with van der Waals surface area (Å²) in [5.74, 6) is 2.22. The summed E-state index contributed by atoms with van der Waals surface area (Å²) in [7, 11) is 3.15. The number of thioether (sulfide) groups is 1. The van der Waals surface area contributed by atoms with Crippen LogP contribution in [0.3, 0.4) is 0 Å². The van der Waals surface area contributed by atoms with E-state index in [9.17, 15) is 4.79 Å². The van der Waals surface area contributed by atoms with Crippen LogP contribution in [0.25, 0.3) is 0 Å². The molecule has 1 amide bonds. The molecule has 31 heavy (non-hydrogen) atoms. The molecule has 2 heterocycles. The zero-order valence-corrected chi connectivity index (χ0v) is 19.8. The molecular formula is C22H21Cl2N3O3S. The number of methoxy groups -OCH3 is 2. The topological polar surface area (TPSA) is 63.5 Å². The Bertz CT molecular complexity index is 1120. The van der Waals surface area contributed by atoms with E-state index >= 15 is 0 Å². The molecule has 0 fully saturated rings. The maximum atomic E-state index is 12.8. The number of benzene rings is 2. The number of carbonyl (C=O) groups excluding carboxylic acids is 1. The van der Waals surface area contributed by atoms with Gasteiger partial charge in [-0.05, 0) is 29.7 Å². The smallest absolute Gasteiger partial charge is 0.271 e. The minimum absolute atomic E-state index is 0.0613. The lowest BCUT2D eigenvalue weighted by Crippen LogP contribution is -2.46. The highest BCUT2D eigenvalue weighted by atomic mass is 35.5. The number of aliphatic imine (C=N–C) groups is 2. The van der Waals surface area contributed by atoms with Crippen LogP contribution in [-0.2, 0) is 10.5 Å². The first-order chi connectivity index (χ1) is 14.8. The summed E-state index contributed by atoms with van der Waals surface area (Å²) in [6.07, 6.45) is 0. The summed E-state index contributed by atoms with van der Waals surface area (Å²) >= 11 is 13.7. The van der Waals surface area contributed by atoms with E-state index in [-0.39, 0.29) is 11.8 Å². The van der Waals surface area contributed by atoms with Crippen molar-refractivity contribution in [3.05, 3.63) is 51.5 Å². The van der Waals surface area contributed by atoms with Crippen molar-refractivity contribution in [3.8, 4) is 11.5 Å². The molecule has 0 aromatic heterocycles. The molecule has 2 aliphatic heterocycles. The molecule has 0 spiro atoms. The van der Waals surface area contributed by atoms with Gasteiger partial charge in [0.2, 0.25) is 0 Å². The molecule has 0 radical (unpaired) electrons. The summed E-state index contributed by atoms with van der Waals surface area (Å²) in [4.78, 5) is 24.0. The molecule has 1 atom stereocenters. The van der Waals surface area contributed by atoms with Gasteiger partial charge in [-0.15, -0.1) is 0 Å². The molecule has 6 nitrogen and oxygen atoms in total. The number of amidine groups is 2. The second-order valence-corrected chi connectivity index (χ2v) is 9.25. The van der Waals surface area contributed by atoms with E-state index in [0.29, 0.717) is 44.0 Å². The molecular weight excluding hydrogens is 457 g/mol. The predicted molar refractivity (Wildman–Crippen MR) is 126 cm³/mol. The standard InChI is InChI=1S/C22H21Cl2N3O3S/c1-11(2)19-21(28)26-20-13-8-17(29-3)18(30-4)9-16(13)25-22(27(19)20)31-10-12-5-6-14(23)15(24)7-12/h5-9,11,19H,10H2,1-4H3/t19-/m0/s1. The van der Waals surface area contributed by atoms with Gasteiger partial charge in [-0.1, -0.05) is 54.9 Å². The van der Waals surface area contributed by atoms with Crippen molar-refractivity contribution in [1.29, 1.82) is 0 Å². The first-order valence-electron chi connectivity index (χ1n) is 9.67. The van der Waals surface area contributed by atoms with Crippen LogP contribution in [0.15, 0.2) is 40.3 Å². The maximum absolute atomic E-state index is 12.8. The lowest BCUT2D eigenvalue weighted by molar-refractivity contribution is -0.120. The lowest BCUT2D eigenvalue weighted by atomic mass is 10.0. The Labute approximate surface area is 195 Å². The third kappa shape index (κ3) is 4.02. The van der Waals surface area contributed by atoms with Crippen LogP contribution in [-0.4, -0.2) is 42.1 Å². The van der Waals surface area contributed by atoms with Crippen molar-refractivity contribution in [1.82, 2.24) is 4.90 Å². The van der Waals surface area contributed by atoms with Gasteiger partial charge in [-0.2, -0.15) is 4.99 Å². The van der Waals surface area contributed by atoms with Crippen LogP contribution in [0, 0.1) is 5.92 Å². The van der Waals surface area contributed by atoms with E-state index in [0.717, 1.165) is 11.1 Å². The largest absolute Gasteiger partial charge is 0.493 e. The van der Waals surface area contributed by atoms with Gasteiger partial charge < -0.3 is 9.47 Å². The summed E-state index contributed by atoms with van der Waals surface area (Å²) in [6.45, 7) is 4.01. The number of carbonyl (C=O) groups is 1. The molecule has 0 N–H and O–H groups in total. The fourth-order valence-corrected chi connectivity index (χ4v) is 4.92. The van der Waals surface area contributed by atoms with Crippen LogP contribution >= 0.6 is 35.0 Å². The van der Waals surface area contributed by atoms with E-state index in [4.69, 9.17) is 37.7 Å². The maximum Gasteiger partial charge on any atom is 0.271 e. The molecule has 0 aliphatic carbocycles. The van der Waals surface area contributed by atoms with Crippen molar-refractivity contribution in [2.45, 2.75) is 25.6 Å². The molecule has 162 valence electrons. The van der Waals surface area contributed by atoms with Crippen LogP contribution in [0.5, 0.6) is 11.5 Å². The average Bonchev–Trinajstić information content (AvgIpc) is 3.10. The quantitative estimate of drug-likeness (QED) is 0.563. The molecule has 2 aromatic rings. The number of hydrogen-bond donors (Lipinski definition) is 0. The van der Waals surface area contributed by atoms with E-state index in [1.54, 1.807) is 26.4 Å². The summed E-state index contributed by atoms with van der Waals surface area (Å²) in [5, 5.41) is 1.72. The molecule has 0 saturated carbocycles. The number of hydrogen-bond acceptors (Lipinski definition) is 6. The molecule has 0 unspecified atom stereocenters. The number of halogens is 2. The van der Waals surface area contributed by atoms with Gasteiger partial charge >= 0.3 is 0 Å².